The van der Waals surface area contributed by atoms with Crippen LogP contribution in [-0.2, 0) is 9.53 Å². The van der Waals surface area contributed by atoms with Crippen molar-refractivity contribution in [2.24, 2.45) is 5.92 Å². The first-order chi connectivity index (χ1) is 6.66. The van der Waals surface area contributed by atoms with Gasteiger partial charge in [-0.3, -0.25) is 4.79 Å². The summed E-state index contributed by atoms with van der Waals surface area (Å²) >= 11 is 0. The van der Waals surface area contributed by atoms with Crippen molar-refractivity contribution >= 4 is 5.78 Å². The van der Waals surface area contributed by atoms with Crippen molar-refractivity contribution in [3.8, 4) is 0 Å². The van der Waals surface area contributed by atoms with E-state index in [2.05, 4.69) is 6.08 Å². The quantitative estimate of drug-likeness (QED) is 0.691. The Morgan fingerprint density at radius 3 is 2.57 bits per heavy atom. The lowest BCUT2D eigenvalue weighted by Gasteiger charge is -2.21. The molecule has 0 saturated carbocycles. The molecule has 1 aliphatic rings. The van der Waals surface area contributed by atoms with Gasteiger partial charge in [0, 0.05) is 7.11 Å². The predicted octanol–water partition coefficient (Wildman–Crippen LogP) is 2.73. The fourth-order valence-corrected chi connectivity index (χ4v) is 1.93. The minimum atomic E-state index is -0.251. The molecule has 0 aliphatic heterocycles. The minimum absolute atomic E-state index is 0.196. The maximum absolute atomic E-state index is 12.0. The van der Waals surface area contributed by atoms with Crippen LogP contribution in [0.1, 0.15) is 39.5 Å². The summed E-state index contributed by atoms with van der Waals surface area (Å²) < 4.78 is 5.24. The van der Waals surface area contributed by atoms with Gasteiger partial charge in [0.1, 0.15) is 6.10 Å². The summed E-state index contributed by atoms with van der Waals surface area (Å²) in [6.45, 7) is 4.05. The van der Waals surface area contributed by atoms with E-state index in [1.54, 1.807) is 7.11 Å². The van der Waals surface area contributed by atoms with Gasteiger partial charge in [-0.05, 0) is 37.2 Å². The maximum atomic E-state index is 12.0. The molecule has 80 valence electrons. The Bertz CT molecular complexity index is 228. The van der Waals surface area contributed by atoms with E-state index < -0.39 is 0 Å². The normalized spacial score (nSPS) is 19.3. The molecule has 0 aromatic carbocycles. The number of allylic oxidation sites excluding steroid dienone is 1. The molecule has 0 fully saturated rings. The second kappa shape index (κ2) is 5.30. The first kappa shape index (κ1) is 11.4. The molecule has 1 unspecified atom stereocenters. The zero-order chi connectivity index (χ0) is 10.6. The van der Waals surface area contributed by atoms with Crippen LogP contribution in [0.5, 0.6) is 0 Å². The van der Waals surface area contributed by atoms with Crippen molar-refractivity contribution in [1.29, 1.82) is 0 Å². The molecular formula is C12H20O2. The lowest BCUT2D eigenvalue weighted by atomic mass is 9.90. The maximum Gasteiger partial charge on any atom is 0.187 e. The smallest absolute Gasteiger partial charge is 0.187 e. The van der Waals surface area contributed by atoms with Crippen LogP contribution in [0.2, 0.25) is 0 Å². The van der Waals surface area contributed by atoms with Gasteiger partial charge in [0.2, 0.25) is 0 Å². The molecule has 2 nitrogen and oxygen atoms in total. The third-order valence-corrected chi connectivity index (χ3v) is 2.73. The number of methoxy groups -OCH3 is 1. The fraction of sp³-hybridized carbons (Fsp3) is 0.750. The van der Waals surface area contributed by atoms with Crippen molar-refractivity contribution in [3.63, 3.8) is 0 Å². The first-order valence-electron chi connectivity index (χ1n) is 5.43. The van der Waals surface area contributed by atoms with E-state index in [0.717, 1.165) is 24.8 Å². The summed E-state index contributed by atoms with van der Waals surface area (Å²) in [4.78, 5) is 12.0. The molecule has 0 amide bonds. The third-order valence-electron chi connectivity index (χ3n) is 2.73. The monoisotopic (exact) mass is 196 g/mol. The topological polar surface area (TPSA) is 26.3 Å². The summed E-state index contributed by atoms with van der Waals surface area (Å²) in [6, 6.07) is 0. The van der Waals surface area contributed by atoms with Gasteiger partial charge in [-0.2, -0.15) is 0 Å². The third kappa shape index (κ3) is 2.68. The van der Waals surface area contributed by atoms with Crippen LogP contribution in [0.25, 0.3) is 0 Å². The molecule has 14 heavy (non-hydrogen) atoms. The van der Waals surface area contributed by atoms with Gasteiger partial charge in [-0.25, -0.2) is 0 Å². The van der Waals surface area contributed by atoms with Crippen molar-refractivity contribution in [2.75, 3.05) is 7.11 Å². The van der Waals surface area contributed by atoms with Crippen LogP contribution >= 0.6 is 0 Å². The molecule has 0 saturated heterocycles. The van der Waals surface area contributed by atoms with E-state index in [1.807, 2.05) is 13.8 Å². The van der Waals surface area contributed by atoms with Crippen LogP contribution < -0.4 is 0 Å². The van der Waals surface area contributed by atoms with Gasteiger partial charge in [-0.1, -0.05) is 19.9 Å². The molecule has 0 heterocycles. The van der Waals surface area contributed by atoms with Gasteiger partial charge in [0.25, 0.3) is 0 Å². The second-order valence-corrected chi connectivity index (χ2v) is 4.24. The molecule has 0 N–H and O–H groups in total. The summed E-state index contributed by atoms with van der Waals surface area (Å²) in [5.74, 6) is 0.456. The summed E-state index contributed by atoms with van der Waals surface area (Å²) in [6.07, 6.45) is 6.18. The van der Waals surface area contributed by atoms with Crippen LogP contribution in [0, 0.1) is 5.92 Å². The largest absolute Gasteiger partial charge is 0.373 e. The SMILES string of the molecule is COC(C(=O)C1=CCCCC1)C(C)C. The van der Waals surface area contributed by atoms with Crippen molar-refractivity contribution in [1.82, 2.24) is 0 Å². The lowest BCUT2D eigenvalue weighted by molar-refractivity contribution is -0.127. The Morgan fingerprint density at radius 1 is 1.43 bits per heavy atom. The average molecular weight is 196 g/mol. The Morgan fingerprint density at radius 2 is 2.14 bits per heavy atom. The Labute approximate surface area is 86.3 Å². The number of ketones is 1. The highest BCUT2D eigenvalue weighted by Gasteiger charge is 2.24. The molecule has 0 radical (unpaired) electrons. The van der Waals surface area contributed by atoms with Crippen molar-refractivity contribution in [2.45, 2.75) is 45.6 Å². The van der Waals surface area contributed by atoms with Gasteiger partial charge in [0.15, 0.2) is 5.78 Å². The van der Waals surface area contributed by atoms with E-state index in [9.17, 15) is 4.79 Å². The van der Waals surface area contributed by atoms with Crippen LogP contribution in [0.3, 0.4) is 0 Å². The average Bonchev–Trinajstić information content (AvgIpc) is 2.19. The molecule has 1 aliphatic carbocycles. The Balaban J connectivity index is 2.66. The van der Waals surface area contributed by atoms with Gasteiger partial charge < -0.3 is 4.74 Å². The van der Waals surface area contributed by atoms with E-state index in [0.29, 0.717) is 0 Å². The van der Waals surface area contributed by atoms with E-state index in [4.69, 9.17) is 4.74 Å². The number of carbonyl (C=O) groups is 1. The Hall–Kier alpha value is -0.630. The van der Waals surface area contributed by atoms with Crippen molar-refractivity contribution < 1.29 is 9.53 Å². The molecule has 1 atom stereocenters. The lowest BCUT2D eigenvalue weighted by Crippen LogP contribution is -2.30. The molecule has 0 aromatic heterocycles. The zero-order valence-electron chi connectivity index (χ0n) is 9.38. The molecule has 1 rings (SSSR count). The standard InChI is InChI=1S/C12H20O2/c1-9(2)12(14-3)11(13)10-7-5-4-6-8-10/h7,9,12H,4-6,8H2,1-3H3. The molecule has 2 heteroatoms. The zero-order valence-corrected chi connectivity index (χ0v) is 9.38. The number of hydrogen-bond acceptors (Lipinski definition) is 2. The number of carbonyl (C=O) groups excluding carboxylic acids is 1. The van der Waals surface area contributed by atoms with Gasteiger partial charge >= 0.3 is 0 Å². The number of Topliss-reactive ketones (excluding diaryl/α,β-unsaturated/α-hetero) is 1. The fourth-order valence-electron chi connectivity index (χ4n) is 1.93. The second-order valence-electron chi connectivity index (χ2n) is 4.24. The van der Waals surface area contributed by atoms with E-state index in [1.165, 1.54) is 6.42 Å². The Kier molecular flexibility index (Phi) is 4.33. The first-order valence-corrected chi connectivity index (χ1v) is 5.43. The number of hydrogen-bond donors (Lipinski definition) is 0. The van der Waals surface area contributed by atoms with E-state index >= 15 is 0 Å². The minimum Gasteiger partial charge on any atom is -0.373 e. The predicted molar refractivity (Wildman–Crippen MR) is 57.2 cm³/mol. The van der Waals surface area contributed by atoms with E-state index in [-0.39, 0.29) is 17.8 Å². The molecular weight excluding hydrogens is 176 g/mol. The molecule has 0 bridgehead atoms. The van der Waals surface area contributed by atoms with Crippen LogP contribution in [-0.4, -0.2) is 19.0 Å². The highest BCUT2D eigenvalue weighted by Crippen LogP contribution is 2.22. The summed E-state index contributed by atoms with van der Waals surface area (Å²) in [5, 5.41) is 0. The highest BCUT2D eigenvalue weighted by atomic mass is 16.5. The number of rotatable bonds is 4. The summed E-state index contributed by atoms with van der Waals surface area (Å²) in [7, 11) is 1.62. The summed E-state index contributed by atoms with van der Waals surface area (Å²) in [5.41, 5.74) is 0.983. The van der Waals surface area contributed by atoms with Crippen LogP contribution in [0.4, 0.5) is 0 Å². The number of ether oxygens (including phenoxy) is 1. The molecule has 0 aromatic rings. The van der Waals surface area contributed by atoms with Gasteiger partial charge in [-0.15, -0.1) is 0 Å². The van der Waals surface area contributed by atoms with Crippen molar-refractivity contribution in [3.05, 3.63) is 11.6 Å². The highest BCUT2D eigenvalue weighted by molar-refractivity contribution is 5.99. The van der Waals surface area contributed by atoms with Gasteiger partial charge in [0.05, 0.1) is 0 Å². The molecule has 0 spiro atoms. The van der Waals surface area contributed by atoms with Crippen LogP contribution in [0.15, 0.2) is 11.6 Å².